The summed E-state index contributed by atoms with van der Waals surface area (Å²) >= 11 is 0. The molecule has 0 saturated carbocycles. The number of nitrogens with zero attached hydrogens (tertiary/aromatic N) is 2. The average Bonchev–Trinajstić information content (AvgIpc) is 2.82. The maximum Gasteiger partial charge on any atom is 0.179 e. The van der Waals surface area contributed by atoms with E-state index in [9.17, 15) is 0 Å². The first-order valence-corrected chi connectivity index (χ1v) is 5.24. The number of benzene rings is 1. The van der Waals surface area contributed by atoms with E-state index in [0.717, 1.165) is 29.9 Å². The smallest absolute Gasteiger partial charge is 0.179 e. The molecule has 0 atom stereocenters. The molecule has 78 valence electrons. The first kappa shape index (κ1) is 8.59. The Morgan fingerprint density at radius 2 is 2.07 bits per heavy atom. The van der Waals surface area contributed by atoms with Crippen molar-refractivity contribution in [1.82, 2.24) is 5.16 Å². The van der Waals surface area contributed by atoms with E-state index >= 15 is 0 Å². The van der Waals surface area contributed by atoms with Gasteiger partial charge in [0.2, 0.25) is 0 Å². The molecule has 1 fully saturated rings. The Balaban J connectivity index is 2.11. The lowest BCUT2D eigenvalue weighted by molar-refractivity contribution is 0.456. The molecule has 1 aromatic heterocycles. The van der Waals surface area contributed by atoms with Crippen LogP contribution >= 0.6 is 0 Å². The van der Waals surface area contributed by atoms with Crippen molar-refractivity contribution in [3.63, 3.8) is 0 Å². The van der Waals surface area contributed by atoms with Gasteiger partial charge in [-0.25, -0.2) is 0 Å². The number of aromatic nitrogens is 1. The molecule has 1 saturated heterocycles. The minimum absolute atomic E-state index is 0.714. The van der Waals surface area contributed by atoms with E-state index in [1.165, 1.54) is 12.8 Å². The predicted octanol–water partition coefficient (Wildman–Crippen LogP) is 2.01. The zero-order valence-electron chi connectivity index (χ0n) is 8.44. The van der Waals surface area contributed by atoms with Gasteiger partial charge in [-0.3, -0.25) is 0 Å². The highest BCUT2D eigenvalue weighted by Crippen LogP contribution is 2.29. The quantitative estimate of drug-likeness (QED) is 0.720. The van der Waals surface area contributed by atoms with Gasteiger partial charge in [0.15, 0.2) is 11.4 Å². The van der Waals surface area contributed by atoms with Crippen LogP contribution in [0.15, 0.2) is 22.7 Å². The molecule has 4 nitrogen and oxygen atoms in total. The molecule has 0 radical (unpaired) electrons. The molecule has 2 heterocycles. The van der Waals surface area contributed by atoms with E-state index in [1.54, 1.807) is 0 Å². The Bertz CT molecular complexity index is 486. The summed E-state index contributed by atoms with van der Waals surface area (Å²) in [6, 6.07) is 5.69. The van der Waals surface area contributed by atoms with Gasteiger partial charge in [-0.2, -0.15) is 0 Å². The predicted molar refractivity (Wildman–Crippen MR) is 59.9 cm³/mol. The van der Waals surface area contributed by atoms with Crippen molar-refractivity contribution >= 4 is 22.5 Å². The number of nitrogen functional groups attached to an aromatic ring is 1. The molecule has 4 heteroatoms. The second-order valence-electron chi connectivity index (χ2n) is 3.96. The number of rotatable bonds is 1. The molecular weight excluding hydrogens is 190 g/mol. The highest BCUT2D eigenvalue weighted by Gasteiger charge is 2.18. The van der Waals surface area contributed by atoms with E-state index in [4.69, 9.17) is 10.3 Å². The van der Waals surface area contributed by atoms with Gasteiger partial charge in [0.1, 0.15) is 0 Å². The Hall–Kier alpha value is -1.71. The lowest BCUT2D eigenvalue weighted by Crippen LogP contribution is -2.17. The van der Waals surface area contributed by atoms with E-state index < -0.39 is 0 Å². The number of anilines is 2. The van der Waals surface area contributed by atoms with Gasteiger partial charge >= 0.3 is 0 Å². The van der Waals surface area contributed by atoms with Crippen LogP contribution in [0.1, 0.15) is 12.8 Å². The minimum atomic E-state index is 0.714. The highest BCUT2D eigenvalue weighted by atomic mass is 16.5. The maximum absolute atomic E-state index is 5.69. The Kier molecular flexibility index (Phi) is 1.80. The summed E-state index contributed by atoms with van der Waals surface area (Å²) in [5.41, 5.74) is 7.17. The van der Waals surface area contributed by atoms with Crippen LogP contribution in [0, 0.1) is 0 Å². The second-order valence-corrected chi connectivity index (χ2v) is 3.96. The first-order chi connectivity index (χ1) is 7.34. The summed E-state index contributed by atoms with van der Waals surface area (Å²) in [6.07, 6.45) is 2.48. The van der Waals surface area contributed by atoms with Crippen LogP contribution in [0.2, 0.25) is 0 Å². The van der Waals surface area contributed by atoms with Crippen molar-refractivity contribution in [2.75, 3.05) is 23.7 Å². The van der Waals surface area contributed by atoms with Crippen LogP contribution < -0.4 is 10.6 Å². The third kappa shape index (κ3) is 1.33. The Morgan fingerprint density at radius 3 is 2.87 bits per heavy atom. The lowest BCUT2D eigenvalue weighted by atomic mass is 10.2. The molecule has 15 heavy (non-hydrogen) atoms. The van der Waals surface area contributed by atoms with E-state index in [2.05, 4.69) is 10.1 Å². The zero-order chi connectivity index (χ0) is 10.3. The SMILES string of the molecule is Nc1ccc2c(N3CCCC3)noc2c1. The third-order valence-corrected chi connectivity index (χ3v) is 2.88. The molecule has 0 aliphatic carbocycles. The molecule has 3 rings (SSSR count). The highest BCUT2D eigenvalue weighted by molar-refractivity contribution is 5.90. The Labute approximate surface area is 87.6 Å². The third-order valence-electron chi connectivity index (χ3n) is 2.88. The molecule has 0 spiro atoms. The van der Waals surface area contributed by atoms with E-state index in [-0.39, 0.29) is 0 Å². The molecule has 1 aliphatic heterocycles. The summed E-state index contributed by atoms with van der Waals surface area (Å²) in [5.74, 6) is 0.961. The number of hydrogen-bond donors (Lipinski definition) is 1. The van der Waals surface area contributed by atoms with Crippen molar-refractivity contribution in [2.24, 2.45) is 0 Å². The van der Waals surface area contributed by atoms with Crippen molar-refractivity contribution in [3.8, 4) is 0 Å². The fourth-order valence-electron chi connectivity index (χ4n) is 2.10. The summed E-state index contributed by atoms with van der Waals surface area (Å²) in [6.45, 7) is 2.15. The van der Waals surface area contributed by atoms with Crippen LogP contribution in [-0.2, 0) is 0 Å². The fourth-order valence-corrected chi connectivity index (χ4v) is 2.10. The summed E-state index contributed by atoms with van der Waals surface area (Å²) in [5, 5.41) is 5.18. The van der Waals surface area contributed by atoms with E-state index in [0.29, 0.717) is 5.69 Å². The molecule has 1 aromatic carbocycles. The summed E-state index contributed by atoms with van der Waals surface area (Å²) < 4.78 is 5.27. The van der Waals surface area contributed by atoms with Crippen LogP contribution in [-0.4, -0.2) is 18.2 Å². The van der Waals surface area contributed by atoms with Gasteiger partial charge in [-0.05, 0) is 25.0 Å². The number of nitrogens with two attached hydrogens (primary N) is 1. The van der Waals surface area contributed by atoms with Gasteiger partial charge in [0, 0.05) is 24.8 Å². The number of hydrogen-bond acceptors (Lipinski definition) is 4. The molecular formula is C11H13N3O. The number of fused-ring (bicyclic) bond motifs is 1. The molecule has 2 aromatic rings. The van der Waals surface area contributed by atoms with Crippen molar-refractivity contribution in [1.29, 1.82) is 0 Å². The zero-order valence-corrected chi connectivity index (χ0v) is 8.44. The van der Waals surface area contributed by atoms with Gasteiger partial charge in [0.05, 0.1) is 5.39 Å². The van der Waals surface area contributed by atoms with Crippen LogP contribution in [0.3, 0.4) is 0 Å². The molecule has 0 bridgehead atoms. The van der Waals surface area contributed by atoms with Crippen molar-refractivity contribution < 1.29 is 4.52 Å². The van der Waals surface area contributed by atoms with Crippen LogP contribution in [0.4, 0.5) is 11.5 Å². The average molecular weight is 203 g/mol. The topological polar surface area (TPSA) is 55.3 Å². The van der Waals surface area contributed by atoms with E-state index in [1.807, 2.05) is 18.2 Å². The van der Waals surface area contributed by atoms with Gasteiger partial charge in [0.25, 0.3) is 0 Å². The first-order valence-electron chi connectivity index (χ1n) is 5.24. The van der Waals surface area contributed by atoms with Crippen molar-refractivity contribution in [3.05, 3.63) is 18.2 Å². The second kappa shape index (κ2) is 3.15. The van der Waals surface area contributed by atoms with Gasteiger partial charge in [-0.1, -0.05) is 5.16 Å². The van der Waals surface area contributed by atoms with Crippen molar-refractivity contribution in [2.45, 2.75) is 12.8 Å². The van der Waals surface area contributed by atoms with Gasteiger partial charge < -0.3 is 15.2 Å². The summed E-state index contributed by atoms with van der Waals surface area (Å²) in [4.78, 5) is 2.27. The lowest BCUT2D eigenvalue weighted by Gasteiger charge is -2.12. The minimum Gasteiger partial charge on any atom is -0.399 e. The van der Waals surface area contributed by atoms with Crippen LogP contribution in [0.5, 0.6) is 0 Å². The standard InChI is InChI=1S/C11H13N3O/c12-8-3-4-9-10(7-8)15-13-11(9)14-5-1-2-6-14/h3-4,7H,1-2,5-6,12H2. The normalized spacial score (nSPS) is 16.4. The van der Waals surface area contributed by atoms with Gasteiger partial charge in [-0.15, -0.1) is 0 Å². The maximum atomic E-state index is 5.69. The Morgan fingerprint density at radius 1 is 1.27 bits per heavy atom. The largest absolute Gasteiger partial charge is 0.399 e. The monoisotopic (exact) mass is 203 g/mol. The van der Waals surface area contributed by atoms with Crippen LogP contribution in [0.25, 0.3) is 11.0 Å². The molecule has 2 N–H and O–H groups in total. The molecule has 0 unspecified atom stereocenters. The molecule has 1 aliphatic rings. The molecule has 0 amide bonds. The summed E-state index contributed by atoms with van der Waals surface area (Å²) in [7, 11) is 0. The fraction of sp³-hybridized carbons (Fsp3) is 0.364.